The molecule has 0 aliphatic heterocycles. The highest BCUT2D eigenvalue weighted by molar-refractivity contribution is 5.81. The van der Waals surface area contributed by atoms with E-state index in [1.54, 1.807) is 0 Å². The van der Waals surface area contributed by atoms with Crippen LogP contribution in [0.1, 0.15) is 39.0 Å². The van der Waals surface area contributed by atoms with Gasteiger partial charge in [-0.3, -0.25) is 0 Å². The molecule has 0 aromatic carbocycles. The van der Waals surface area contributed by atoms with Gasteiger partial charge < -0.3 is 9.84 Å². The Labute approximate surface area is 108 Å². The minimum absolute atomic E-state index is 0.0465. The molecule has 0 aromatic heterocycles. The lowest BCUT2D eigenvalue weighted by Gasteiger charge is -2.64. The van der Waals surface area contributed by atoms with E-state index >= 15 is 0 Å². The standard InChI is InChI=1S/C15H22O3/c1-3-13(17)18-15(9-16)12-5-10-4-11(6-12)8-14(15,2)7-10/h3,10-12,16H,1,4-9H2,2H3. The summed E-state index contributed by atoms with van der Waals surface area (Å²) in [7, 11) is 0. The predicted molar refractivity (Wildman–Crippen MR) is 67.8 cm³/mol. The summed E-state index contributed by atoms with van der Waals surface area (Å²) in [6.07, 6.45) is 6.94. The van der Waals surface area contributed by atoms with E-state index < -0.39 is 11.6 Å². The first-order chi connectivity index (χ1) is 8.53. The van der Waals surface area contributed by atoms with E-state index in [1.807, 2.05) is 0 Å². The largest absolute Gasteiger partial charge is 0.453 e. The number of ether oxygens (including phenoxy) is 1. The smallest absolute Gasteiger partial charge is 0.330 e. The average Bonchev–Trinajstić information content (AvgIpc) is 2.32. The molecule has 0 heterocycles. The second kappa shape index (κ2) is 3.83. The van der Waals surface area contributed by atoms with Crippen LogP contribution in [0.4, 0.5) is 0 Å². The van der Waals surface area contributed by atoms with Crippen LogP contribution in [0.5, 0.6) is 0 Å². The van der Waals surface area contributed by atoms with Crippen LogP contribution in [-0.4, -0.2) is 23.3 Å². The molecule has 4 bridgehead atoms. The molecule has 3 heteroatoms. The van der Waals surface area contributed by atoms with Crippen molar-refractivity contribution in [2.45, 2.75) is 44.6 Å². The molecule has 4 aliphatic rings. The van der Waals surface area contributed by atoms with Crippen LogP contribution in [0.2, 0.25) is 0 Å². The first kappa shape index (κ1) is 12.2. The number of esters is 1. The van der Waals surface area contributed by atoms with Gasteiger partial charge >= 0.3 is 5.97 Å². The van der Waals surface area contributed by atoms with E-state index in [1.165, 1.54) is 12.5 Å². The summed E-state index contributed by atoms with van der Waals surface area (Å²) >= 11 is 0. The number of hydrogen-bond donors (Lipinski definition) is 1. The first-order valence-electron chi connectivity index (χ1n) is 6.99. The lowest BCUT2D eigenvalue weighted by Crippen LogP contribution is -2.66. The second-order valence-electron chi connectivity index (χ2n) is 6.78. The molecule has 4 rings (SSSR count). The van der Waals surface area contributed by atoms with Crippen LogP contribution < -0.4 is 0 Å². The van der Waals surface area contributed by atoms with Crippen molar-refractivity contribution in [1.29, 1.82) is 0 Å². The first-order valence-corrected chi connectivity index (χ1v) is 6.99. The Morgan fingerprint density at radius 1 is 1.39 bits per heavy atom. The van der Waals surface area contributed by atoms with Gasteiger partial charge in [0.15, 0.2) is 0 Å². The van der Waals surface area contributed by atoms with Crippen molar-refractivity contribution >= 4 is 5.97 Å². The molecule has 4 aliphatic carbocycles. The minimum atomic E-state index is -0.661. The van der Waals surface area contributed by atoms with E-state index in [9.17, 15) is 9.90 Å². The zero-order valence-electron chi connectivity index (χ0n) is 11.0. The van der Waals surface area contributed by atoms with Crippen LogP contribution in [0.25, 0.3) is 0 Å². The van der Waals surface area contributed by atoms with E-state index in [0.717, 1.165) is 37.5 Å². The van der Waals surface area contributed by atoms with Gasteiger partial charge in [-0.05, 0) is 43.9 Å². The summed E-state index contributed by atoms with van der Waals surface area (Å²) in [6, 6.07) is 0. The lowest BCUT2D eigenvalue weighted by atomic mass is 9.43. The van der Waals surface area contributed by atoms with E-state index in [-0.39, 0.29) is 12.0 Å². The van der Waals surface area contributed by atoms with Crippen molar-refractivity contribution in [3.63, 3.8) is 0 Å². The molecular formula is C15H22O3. The molecule has 0 radical (unpaired) electrons. The van der Waals surface area contributed by atoms with Gasteiger partial charge in [-0.25, -0.2) is 4.79 Å². The summed E-state index contributed by atoms with van der Waals surface area (Å²) in [4.78, 5) is 11.7. The number of aliphatic hydroxyl groups is 1. The Bertz CT molecular complexity index is 375. The van der Waals surface area contributed by atoms with E-state index in [2.05, 4.69) is 13.5 Å². The number of aliphatic hydroxyl groups excluding tert-OH is 1. The molecule has 3 atom stereocenters. The fourth-order valence-corrected chi connectivity index (χ4v) is 5.25. The van der Waals surface area contributed by atoms with Crippen molar-refractivity contribution in [3.8, 4) is 0 Å². The Hall–Kier alpha value is -0.830. The quantitative estimate of drug-likeness (QED) is 0.617. The van der Waals surface area contributed by atoms with Gasteiger partial charge in [0.2, 0.25) is 0 Å². The Balaban J connectivity index is 1.97. The van der Waals surface area contributed by atoms with Crippen molar-refractivity contribution in [3.05, 3.63) is 12.7 Å². The highest BCUT2D eigenvalue weighted by Crippen LogP contribution is 2.65. The Morgan fingerprint density at radius 3 is 2.44 bits per heavy atom. The van der Waals surface area contributed by atoms with Crippen LogP contribution in [0, 0.1) is 23.2 Å². The number of rotatable bonds is 3. The molecule has 4 fully saturated rings. The topological polar surface area (TPSA) is 46.5 Å². The predicted octanol–water partition coefficient (Wildman–Crippen LogP) is 2.29. The molecule has 3 unspecified atom stereocenters. The van der Waals surface area contributed by atoms with Crippen molar-refractivity contribution in [1.82, 2.24) is 0 Å². The number of carbonyl (C=O) groups excluding carboxylic acids is 1. The molecule has 1 N–H and O–H groups in total. The molecule has 0 aromatic rings. The Kier molecular flexibility index (Phi) is 2.60. The number of carbonyl (C=O) groups is 1. The lowest BCUT2D eigenvalue weighted by molar-refractivity contribution is -0.250. The van der Waals surface area contributed by atoms with Crippen molar-refractivity contribution < 1.29 is 14.6 Å². The molecule has 18 heavy (non-hydrogen) atoms. The maximum Gasteiger partial charge on any atom is 0.330 e. The summed E-state index contributed by atoms with van der Waals surface area (Å²) < 4.78 is 5.71. The van der Waals surface area contributed by atoms with Crippen LogP contribution in [-0.2, 0) is 9.53 Å². The second-order valence-corrected chi connectivity index (χ2v) is 6.78. The highest BCUT2D eigenvalue weighted by Gasteiger charge is 2.65. The van der Waals surface area contributed by atoms with Gasteiger partial charge in [0.05, 0.1) is 6.61 Å². The molecule has 3 nitrogen and oxygen atoms in total. The molecule has 0 saturated heterocycles. The van der Waals surface area contributed by atoms with Crippen molar-refractivity contribution in [2.24, 2.45) is 23.2 Å². The fraction of sp³-hybridized carbons (Fsp3) is 0.800. The van der Waals surface area contributed by atoms with Crippen LogP contribution in [0.15, 0.2) is 12.7 Å². The number of hydrogen-bond acceptors (Lipinski definition) is 3. The fourth-order valence-electron chi connectivity index (χ4n) is 5.25. The van der Waals surface area contributed by atoms with Crippen molar-refractivity contribution in [2.75, 3.05) is 6.61 Å². The minimum Gasteiger partial charge on any atom is -0.453 e. The van der Waals surface area contributed by atoms with E-state index in [4.69, 9.17) is 4.74 Å². The third-order valence-electron chi connectivity index (χ3n) is 5.75. The highest BCUT2D eigenvalue weighted by atomic mass is 16.6. The molecular weight excluding hydrogens is 228 g/mol. The Morgan fingerprint density at radius 2 is 2.00 bits per heavy atom. The summed E-state index contributed by atoms with van der Waals surface area (Å²) in [5, 5.41) is 9.95. The molecule has 0 spiro atoms. The normalized spacial score (nSPS) is 49.1. The molecule has 4 saturated carbocycles. The van der Waals surface area contributed by atoms with Gasteiger partial charge in [0, 0.05) is 17.4 Å². The van der Waals surface area contributed by atoms with Crippen LogP contribution >= 0.6 is 0 Å². The maximum absolute atomic E-state index is 11.7. The van der Waals surface area contributed by atoms with Gasteiger partial charge in [-0.1, -0.05) is 13.5 Å². The zero-order chi connectivity index (χ0) is 13.0. The maximum atomic E-state index is 11.7. The molecule has 0 amide bonds. The van der Waals surface area contributed by atoms with Crippen LogP contribution in [0.3, 0.4) is 0 Å². The van der Waals surface area contributed by atoms with Gasteiger partial charge in [-0.2, -0.15) is 0 Å². The SMILES string of the molecule is C=CC(=O)OC1(CO)C2CC3CC(C2)CC1(C)C3. The third-order valence-corrected chi connectivity index (χ3v) is 5.75. The summed E-state index contributed by atoms with van der Waals surface area (Å²) in [5.74, 6) is 1.49. The van der Waals surface area contributed by atoms with Gasteiger partial charge in [-0.15, -0.1) is 0 Å². The van der Waals surface area contributed by atoms with E-state index in [0.29, 0.717) is 5.92 Å². The molecule has 100 valence electrons. The van der Waals surface area contributed by atoms with Gasteiger partial charge in [0.1, 0.15) is 5.60 Å². The monoisotopic (exact) mass is 250 g/mol. The van der Waals surface area contributed by atoms with Gasteiger partial charge in [0.25, 0.3) is 0 Å². The zero-order valence-corrected chi connectivity index (χ0v) is 11.0. The average molecular weight is 250 g/mol. The summed E-state index contributed by atoms with van der Waals surface area (Å²) in [5.41, 5.74) is -0.707. The third kappa shape index (κ3) is 1.43. The summed E-state index contributed by atoms with van der Waals surface area (Å²) in [6.45, 7) is 5.63.